The van der Waals surface area contributed by atoms with Gasteiger partial charge in [0.15, 0.2) is 0 Å². The standard InChI is InChI=1S/C12H18O4/c1-2-4-10(13)16-9-6-3-5-8-7-15-12(14)11(8)9/h8-9,11H,2-7H2,1H3/t8-,9+,11+/m1/s1. The van der Waals surface area contributed by atoms with Crippen LogP contribution in [0.2, 0.25) is 0 Å². The molecule has 1 aliphatic carbocycles. The zero-order chi connectivity index (χ0) is 11.5. The molecular weight excluding hydrogens is 208 g/mol. The molecule has 1 heterocycles. The average Bonchev–Trinajstić information content (AvgIpc) is 2.62. The van der Waals surface area contributed by atoms with E-state index in [-0.39, 0.29) is 29.9 Å². The number of carbonyl (C=O) groups is 2. The van der Waals surface area contributed by atoms with Crippen molar-refractivity contribution in [3.05, 3.63) is 0 Å². The van der Waals surface area contributed by atoms with Crippen molar-refractivity contribution in [2.75, 3.05) is 6.61 Å². The number of fused-ring (bicyclic) bond motifs is 1. The molecule has 1 aliphatic heterocycles. The molecule has 4 heteroatoms. The molecular formula is C12H18O4. The molecule has 0 aromatic rings. The van der Waals surface area contributed by atoms with Crippen LogP contribution in [-0.2, 0) is 19.1 Å². The maximum absolute atomic E-state index is 11.5. The minimum absolute atomic E-state index is 0.181. The highest BCUT2D eigenvalue weighted by molar-refractivity contribution is 5.76. The van der Waals surface area contributed by atoms with Crippen molar-refractivity contribution in [1.82, 2.24) is 0 Å². The molecule has 1 saturated heterocycles. The number of ether oxygens (including phenoxy) is 2. The van der Waals surface area contributed by atoms with Crippen LogP contribution in [0.15, 0.2) is 0 Å². The summed E-state index contributed by atoms with van der Waals surface area (Å²) in [7, 11) is 0. The number of carbonyl (C=O) groups excluding carboxylic acids is 2. The van der Waals surface area contributed by atoms with Crippen molar-refractivity contribution in [2.45, 2.75) is 45.1 Å². The lowest BCUT2D eigenvalue weighted by atomic mass is 9.79. The van der Waals surface area contributed by atoms with Crippen LogP contribution in [0.3, 0.4) is 0 Å². The summed E-state index contributed by atoms with van der Waals surface area (Å²) in [6.07, 6.45) is 3.80. The molecule has 3 atom stereocenters. The Kier molecular flexibility index (Phi) is 3.46. The number of hydrogen-bond acceptors (Lipinski definition) is 4. The van der Waals surface area contributed by atoms with E-state index in [9.17, 15) is 9.59 Å². The van der Waals surface area contributed by atoms with Gasteiger partial charge in [0.25, 0.3) is 0 Å². The first-order valence-corrected chi connectivity index (χ1v) is 6.08. The number of cyclic esters (lactones) is 1. The Morgan fingerprint density at radius 3 is 3.06 bits per heavy atom. The summed E-state index contributed by atoms with van der Waals surface area (Å²) < 4.78 is 10.4. The fourth-order valence-electron chi connectivity index (χ4n) is 2.62. The van der Waals surface area contributed by atoms with Gasteiger partial charge in [-0.25, -0.2) is 0 Å². The van der Waals surface area contributed by atoms with Gasteiger partial charge >= 0.3 is 11.9 Å². The van der Waals surface area contributed by atoms with Crippen molar-refractivity contribution in [3.63, 3.8) is 0 Å². The Balaban J connectivity index is 1.97. The minimum atomic E-state index is -0.243. The van der Waals surface area contributed by atoms with E-state index in [2.05, 4.69) is 0 Å². The molecule has 90 valence electrons. The summed E-state index contributed by atoms with van der Waals surface area (Å²) in [6, 6.07) is 0. The Morgan fingerprint density at radius 2 is 2.31 bits per heavy atom. The van der Waals surface area contributed by atoms with E-state index < -0.39 is 0 Å². The molecule has 1 saturated carbocycles. The second-order valence-electron chi connectivity index (χ2n) is 4.63. The van der Waals surface area contributed by atoms with Crippen LogP contribution >= 0.6 is 0 Å². The van der Waals surface area contributed by atoms with Crippen LogP contribution in [0.1, 0.15) is 39.0 Å². The highest BCUT2D eigenvalue weighted by Crippen LogP contribution is 2.37. The minimum Gasteiger partial charge on any atom is -0.465 e. The van der Waals surface area contributed by atoms with Gasteiger partial charge in [-0.1, -0.05) is 6.92 Å². The van der Waals surface area contributed by atoms with E-state index in [0.717, 1.165) is 25.7 Å². The summed E-state index contributed by atoms with van der Waals surface area (Å²) in [5, 5.41) is 0. The third-order valence-corrected chi connectivity index (χ3v) is 3.42. The first kappa shape index (κ1) is 11.4. The smallest absolute Gasteiger partial charge is 0.313 e. The first-order valence-electron chi connectivity index (χ1n) is 6.08. The third kappa shape index (κ3) is 2.20. The Labute approximate surface area is 95.3 Å². The number of hydrogen-bond donors (Lipinski definition) is 0. The van der Waals surface area contributed by atoms with Crippen molar-refractivity contribution in [3.8, 4) is 0 Å². The summed E-state index contributed by atoms with van der Waals surface area (Å²) >= 11 is 0. The van der Waals surface area contributed by atoms with E-state index in [1.165, 1.54) is 0 Å². The molecule has 0 radical (unpaired) electrons. The molecule has 0 aromatic heterocycles. The molecule has 0 aromatic carbocycles. The highest BCUT2D eigenvalue weighted by atomic mass is 16.6. The Morgan fingerprint density at radius 1 is 1.50 bits per heavy atom. The lowest BCUT2D eigenvalue weighted by Gasteiger charge is -2.29. The quantitative estimate of drug-likeness (QED) is 0.687. The molecule has 0 spiro atoms. The van der Waals surface area contributed by atoms with Gasteiger partial charge in [0, 0.05) is 12.3 Å². The molecule has 2 fully saturated rings. The van der Waals surface area contributed by atoms with E-state index in [0.29, 0.717) is 13.0 Å². The van der Waals surface area contributed by atoms with Gasteiger partial charge in [0.2, 0.25) is 0 Å². The Hall–Kier alpha value is -1.06. The molecule has 0 bridgehead atoms. The molecule has 4 nitrogen and oxygen atoms in total. The number of rotatable bonds is 3. The van der Waals surface area contributed by atoms with Crippen LogP contribution < -0.4 is 0 Å². The normalized spacial score (nSPS) is 33.1. The van der Waals surface area contributed by atoms with Gasteiger partial charge < -0.3 is 9.47 Å². The van der Waals surface area contributed by atoms with E-state index >= 15 is 0 Å². The van der Waals surface area contributed by atoms with Crippen LogP contribution in [0.5, 0.6) is 0 Å². The third-order valence-electron chi connectivity index (χ3n) is 3.42. The van der Waals surface area contributed by atoms with E-state index in [4.69, 9.17) is 9.47 Å². The predicted molar refractivity (Wildman–Crippen MR) is 56.6 cm³/mol. The fourth-order valence-corrected chi connectivity index (χ4v) is 2.62. The maximum atomic E-state index is 11.5. The largest absolute Gasteiger partial charge is 0.465 e. The second kappa shape index (κ2) is 4.85. The number of esters is 2. The predicted octanol–water partition coefficient (Wildman–Crippen LogP) is 1.67. The van der Waals surface area contributed by atoms with Crippen molar-refractivity contribution < 1.29 is 19.1 Å². The summed E-state index contributed by atoms with van der Waals surface area (Å²) in [5.74, 6) is -0.304. The Bertz CT molecular complexity index is 287. The van der Waals surface area contributed by atoms with Gasteiger partial charge in [0.05, 0.1) is 12.5 Å². The molecule has 2 aliphatic rings. The maximum Gasteiger partial charge on any atom is 0.313 e. The van der Waals surface area contributed by atoms with Crippen LogP contribution in [0, 0.1) is 11.8 Å². The molecule has 0 amide bonds. The SMILES string of the molecule is CCCC(=O)O[C@H]1CCC[C@@H]2COC(=O)[C@@H]21. The zero-order valence-electron chi connectivity index (χ0n) is 9.61. The van der Waals surface area contributed by atoms with Crippen LogP contribution in [-0.4, -0.2) is 24.6 Å². The topological polar surface area (TPSA) is 52.6 Å². The summed E-state index contributed by atoms with van der Waals surface area (Å²) in [5.41, 5.74) is 0. The fraction of sp³-hybridized carbons (Fsp3) is 0.833. The monoisotopic (exact) mass is 226 g/mol. The average molecular weight is 226 g/mol. The zero-order valence-corrected chi connectivity index (χ0v) is 9.61. The molecule has 16 heavy (non-hydrogen) atoms. The molecule has 0 unspecified atom stereocenters. The van der Waals surface area contributed by atoms with Gasteiger partial charge in [0.1, 0.15) is 6.10 Å². The summed E-state index contributed by atoms with van der Waals surface area (Å²) in [4.78, 5) is 23.0. The van der Waals surface area contributed by atoms with Gasteiger partial charge in [-0.05, 0) is 25.7 Å². The van der Waals surface area contributed by atoms with Gasteiger partial charge in [-0.15, -0.1) is 0 Å². The molecule has 0 N–H and O–H groups in total. The van der Waals surface area contributed by atoms with Crippen molar-refractivity contribution in [2.24, 2.45) is 11.8 Å². The van der Waals surface area contributed by atoms with E-state index in [1.807, 2.05) is 6.92 Å². The van der Waals surface area contributed by atoms with Crippen molar-refractivity contribution >= 4 is 11.9 Å². The van der Waals surface area contributed by atoms with Crippen LogP contribution in [0.25, 0.3) is 0 Å². The van der Waals surface area contributed by atoms with Gasteiger partial charge in [-0.2, -0.15) is 0 Å². The molecule has 2 rings (SSSR count). The lowest BCUT2D eigenvalue weighted by molar-refractivity contribution is -0.159. The second-order valence-corrected chi connectivity index (χ2v) is 4.63. The lowest BCUT2D eigenvalue weighted by Crippen LogP contribution is -2.37. The summed E-state index contributed by atoms with van der Waals surface area (Å²) in [6.45, 7) is 2.44. The first-order chi connectivity index (χ1) is 7.72. The highest BCUT2D eigenvalue weighted by Gasteiger charge is 2.46. The van der Waals surface area contributed by atoms with Crippen LogP contribution in [0.4, 0.5) is 0 Å². The van der Waals surface area contributed by atoms with E-state index in [1.54, 1.807) is 0 Å². The van der Waals surface area contributed by atoms with Crippen molar-refractivity contribution in [1.29, 1.82) is 0 Å². The van der Waals surface area contributed by atoms with Gasteiger partial charge in [-0.3, -0.25) is 9.59 Å².